The summed E-state index contributed by atoms with van der Waals surface area (Å²) >= 11 is 0. The monoisotopic (exact) mass is 549 g/mol. The molecule has 3 aromatic rings. The van der Waals surface area contributed by atoms with Crippen LogP contribution >= 0.6 is 0 Å². The van der Waals surface area contributed by atoms with Crippen molar-refractivity contribution in [2.75, 3.05) is 5.32 Å². The fourth-order valence-electron chi connectivity index (χ4n) is 5.01. The predicted octanol–water partition coefficient (Wildman–Crippen LogP) is 7.86. The van der Waals surface area contributed by atoms with Gasteiger partial charge in [-0.15, -0.1) is 0 Å². The molecule has 2 N–H and O–H groups in total. The van der Waals surface area contributed by atoms with E-state index in [2.05, 4.69) is 15.5 Å². The number of nitrogens with one attached hydrogen (secondary N) is 2. The molecule has 1 fully saturated rings. The number of rotatable bonds is 7. The average Bonchev–Trinajstić information content (AvgIpc) is 2.89. The highest BCUT2D eigenvalue weighted by Crippen LogP contribution is 2.37. The van der Waals surface area contributed by atoms with Gasteiger partial charge in [-0.3, -0.25) is 4.90 Å². The van der Waals surface area contributed by atoms with Crippen LogP contribution in [0.15, 0.2) is 78.9 Å². The number of urea groups is 1. The summed E-state index contributed by atoms with van der Waals surface area (Å²) in [6.07, 6.45) is -6.81. The summed E-state index contributed by atoms with van der Waals surface area (Å²) in [4.78, 5) is 15.1. The van der Waals surface area contributed by atoms with Crippen LogP contribution in [0.4, 0.5) is 36.8 Å². The molecular formula is C29H29F6N3O. The van der Waals surface area contributed by atoms with Gasteiger partial charge in [0, 0.05) is 30.9 Å². The third-order valence-electron chi connectivity index (χ3n) is 6.82. The van der Waals surface area contributed by atoms with Crippen LogP contribution in [-0.4, -0.2) is 23.0 Å². The predicted molar refractivity (Wildman–Crippen MR) is 137 cm³/mol. The molecule has 0 radical (unpaired) electrons. The maximum absolute atomic E-state index is 13.2. The fraction of sp³-hybridized carbons (Fsp3) is 0.345. The molecule has 1 aliphatic rings. The second-order valence-electron chi connectivity index (χ2n) is 9.73. The van der Waals surface area contributed by atoms with Crippen molar-refractivity contribution in [1.29, 1.82) is 0 Å². The molecule has 0 unspecified atom stereocenters. The minimum Gasteiger partial charge on any atom is -0.334 e. The van der Waals surface area contributed by atoms with E-state index in [1.54, 1.807) is 0 Å². The topological polar surface area (TPSA) is 44.4 Å². The van der Waals surface area contributed by atoms with E-state index in [9.17, 15) is 31.1 Å². The van der Waals surface area contributed by atoms with Gasteiger partial charge >= 0.3 is 18.4 Å². The van der Waals surface area contributed by atoms with Gasteiger partial charge in [-0.1, -0.05) is 73.5 Å². The van der Waals surface area contributed by atoms with Gasteiger partial charge < -0.3 is 10.6 Å². The summed E-state index contributed by atoms with van der Waals surface area (Å²) in [6, 6.07) is 19.5. The summed E-state index contributed by atoms with van der Waals surface area (Å²) in [5, 5.41) is 5.04. The Balaban J connectivity index is 1.54. The highest BCUT2D eigenvalue weighted by molar-refractivity contribution is 5.89. The number of amides is 2. The van der Waals surface area contributed by atoms with E-state index >= 15 is 0 Å². The number of alkyl halides is 6. The van der Waals surface area contributed by atoms with Crippen LogP contribution in [0.2, 0.25) is 0 Å². The third kappa shape index (κ3) is 7.98. The number of hydrogen-bond donors (Lipinski definition) is 2. The molecule has 208 valence electrons. The van der Waals surface area contributed by atoms with Gasteiger partial charge in [0.05, 0.1) is 11.1 Å². The highest BCUT2D eigenvalue weighted by Gasteiger charge is 2.37. The number of halogens is 6. The van der Waals surface area contributed by atoms with Crippen molar-refractivity contribution in [2.45, 2.75) is 63.2 Å². The molecule has 1 saturated carbocycles. The lowest BCUT2D eigenvalue weighted by molar-refractivity contribution is -0.143. The van der Waals surface area contributed by atoms with Gasteiger partial charge in [-0.25, -0.2) is 4.79 Å². The zero-order chi connectivity index (χ0) is 28.0. The third-order valence-corrected chi connectivity index (χ3v) is 6.82. The van der Waals surface area contributed by atoms with Crippen LogP contribution in [0, 0.1) is 0 Å². The van der Waals surface area contributed by atoms with Gasteiger partial charge in [-0.05, 0) is 42.2 Å². The van der Waals surface area contributed by atoms with E-state index in [1.165, 1.54) is 0 Å². The maximum Gasteiger partial charge on any atom is 0.416 e. The first-order chi connectivity index (χ1) is 18.5. The molecule has 0 bridgehead atoms. The van der Waals surface area contributed by atoms with Crippen molar-refractivity contribution >= 4 is 11.7 Å². The van der Waals surface area contributed by atoms with Gasteiger partial charge in [0.2, 0.25) is 0 Å². The molecule has 0 aromatic heterocycles. The van der Waals surface area contributed by atoms with E-state index in [4.69, 9.17) is 0 Å². The molecule has 2 atom stereocenters. The number of carbonyl (C=O) groups is 1. The maximum atomic E-state index is 13.2. The Morgan fingerprint density at radius 3 is 1.72 bits per heavy atom. The molecule has 0 saturated heterocycles. The number of benzene rings is 3. The van der Waals surface area contributed by atoms with E-state index in [-0.39, 0.29) is 18.2 Å². The number of carbonyl (C=O) groups excluding carboxylic acids is 1. The molecule has 0 spiro atoms. The number of hydrogen-bond acceptors (Lipinski definition) is 2. The summed E-state index contributed by atoms with van der Waals surface area (Å²) in [5.74, 6) is 0. The smallest absolute Gasteiger partial charge is 0.334 e. The van der Waals surface area contributed by atoms with E-state index in [0.717, 1.165) is 30.4 Å². The normalized spacial score (nSPS) is 18.1. The van der Waals surface area contributed by atoms with Gasteiger partial charge in [-0.2, -0.15) is 26.3 Å². The lowest BCUT2D eigenvalue weighted by Gasteiger charge is -2.40. The first-order valence-corrected chi connectivity index (χ1v) is 12.7. The van der Waals surface area contributed by atoms with Crippen molar-refractivity contribution in [1.82, 2.24) is 10.2 Å². The van der Waals surface area contributed by atoms with Gasteiger partial charge in [0.1, 0.15) is 0 Å². The Hall–Kier alpha value is -3.53. The average molecular weight is 550 g/mol. The molecule has 0 heterocycles. The second kappa shape index (κ2) is 12.1. The van der Waals surface area contributed by atoms with Crippen molar-refractivity contribution in [3.05, 3.63) is 101 Å². The van der Waals surface area contributed by atoms with Crippen molar-refractivity contribution in [3.63, 3.8) is 0 Å². The van der Waals surface area contributed by atoms with Crippen LogP contribution in [0.25, 0.3) is 0 Å². The molecular weight excluding hydrogens is 520 g/mol. The van der Waals surface area contributed by atoms with E-state index < -0.39 is 35.2 Å². The molecule has 0 aliphatic heterocycles. The van der Waals surface area contributed by atoms with Crippen LogP contribution in [0.3, 0.4) is 0 Å². The number of nitrogens with zero attached hydrogens (tertiary/aromatic N) is 1. The van der Waals surface area contributed by atoms with Gasteiger partial charge in [0.15, 0.2) is 0 Å². The summed E-state index contributed by atoms with van der Waals surface area (Å²) in [7, 11) is 0. The van der Waals surface area contributed by atoms with Gasteiger partial charge in [0.25, 0.3) is 0 Å². The molecule has 10 heteroatoms. The molecule has 1 aliphatic carbocycles. The minimum atomic E-state index is -5.00. The zero-order valence-electron chi connectivity index (χ0n) is 21.0. The van der Waals surface area contributed by atoms with Crippen LogP contribution in [-0.2, 0) is 25.4 Å². The Labute approximate surface area is 223 Å². The SMILES string of the molecule is O=C(Nc1cc(C(F)(F)F)cc(C(F)(F)F)c1)N[C@@H]1CCCC[C@H]1N(Cc1ccccc1)Cc1ccccc1. The first-order valence-electron chi connectivity index (χ1n) is 12.7. The molecule has 2 amide bonds. The minimum absolute atomic E-state index is 0.0330. The number of anilines is 1. The molecule has 3 aromatic carbocycles. The lowest BCUT2D eigenvalue weighted by atomic mass is 9.88. The van der Waals surface area contributed by atoms with E-state index in [1.807, 2.05) is 60.7 Å². The lowest BCUT2D eigenvalue weighted by Crippen LogP contribution is -2.53. The summed E-state index contributed by atoms with van der Waals surface area (Å²) in [5.41, 5.74) is -1.37. The summed E-state index contributed by atoms with van der Waals surface area (Å²) < 4.78 is 79.5. The summed E-state index contributed by atoms with van der Waals surface area (Å²) in [6.45, 7) is 1.23. The molecule has 39 heavy (non-hydrogen) atoms. The van der Waals surface area contributed by atoms with Crippen LogP contribution in [0.1, 0.15) is 47.9 Å². The standard InChI is InChI=1S/C29H29F6N3O/c30-28(31,32)22-15-23(29(33,34)35)17-24(16-22)36-27(39)37-25-13-7-8-14-26(25)38(18-20-9-3-1-4-10-20)19-21-11-5-2-6-12-21/h1-6,9-12,15-17,25-26H,7-8,13-14,18-19H2,(H2,36,37,39)/t25-,26-/m1/s1. The zero-order valence-corrected chi connectivity index (χ0v) is 21.0. The quantitative estimate of drug-likeness (QED) is 0.295. The molecule has 4 nitrogen and oxygen atoms in total. The Bertz CT molecular complexity index is 1160. The van der Waals surface area contributed by atoms with Crippen molar-refractivity contribution in [2.24, 2.45) is 0 Å². The largest absolute Gasteiger partial charge is 0.416 e. The Morgan fingerprint density at radius 2 is 1.23 bits per heavy atom. The second-order valence-corrected chi connectivity index (χ2v) is 9.73. The Kier molecular flexibility index (Phi) is 8.84. The Morgan fingerprint density at radius 1 is 0.744 bits per heavy atom. The molecule has 4 rings (SSSR count). The van der Waals surface area contributed by atoms with Crippen molar-refractivity contribution in [3.8, 4) is 0 Å². The highest BCUT2D eigenvalue weighted by atomic mass is 19.4. The van der Waals surface area contributed by atoms with Crippen molar-refractivity contribution < 1.29 is 31.1 Å². The van der Waals surface area contributed by atoms with Crippen LogP contribution < -0.4 is 10.6 Å². The fourth-order valence-corrected chi connectivity index (χ4v) is 5.01. The van der Waals surface area contributed by atoms with E-state index in [0.29, 0.717) is 31.6 Å². The van der Waals surface area contributed by atoms with Crippen LogP contribution in [0.5, 0.6) is 0 Å². The first kappa shape index (κ1) is 28.5.